The van der Waals surface area contributed by atoms with Gasteiger partial charge >= 0.3 is 5.97 Å². The Kier molecular flexibility index (Phi) is 6.63. The highest BCUT2D eigenvalue weighted by Crippen LogP contribution is 2.11. The lowest BCUT2D eigenvalue weighted by Gasteiger charge is -2.28. The molecule has 1 saturated heterocycles. The van der Waals surface area contributed by atoms with Crippen LogP contribution < -0.4 is 10.2 Å². The molecule has 0 aromatic heterocycles. The van der Waals surface area contributed by atoms with Crippen molar-refractivity contribution in [3.05, 3.63) is 27.8 Å². The molecular formula is C16H22IN2O3+. The van der Waals surface area contributed by atoms with Gasteiger partial charge in [0.05, 0.1) is 19.7 Å². The number of carbonyl (C=O) groups is 2. The number of anilines is 1. The van der Waals surface area contributed by atoms with E-state index < -0.39 is 0 Å². The van der Waals surface area contributed by atoms with Crippen LogP contribution in [0.3, 0.4) is 0 Å². The number of amides is 1. The number of benzene rings is 1. The Morgan fingerprint density at radius 2 is 2.09 bits per heavy atom. The van der Waals surface area contributed by atoms with E-state index in [4.69, 9.17) is 4.74 Å². The fraction of sp³-hybridized carbons (Fsp3) is 0.500. The number of carbonyl (C=O) groups excluding carboxylic acids is 2. The molecular weight excluding hydrogens is 395 g/mol. The summed E-state index contributed by atoms with van der Waals surface area (Å²) in [6.07, 6.45) is 1.82. The number of piperidine rings is 1. The first kappa shape index (κ1) is 17.2. The zero-order valence-electron chi connectivity index (χ0n) is 12.7. The summed E-state index contributed by atoms with van der Waals surface area (Å²) in [5.74, 6) is -0.215. The van der Waals surface area contributed by atoms with Crippen LogP contribution in [-0.2, 0) is 14.3 Å². The molecule has 2 N–H and O–H groups in total. The van der Waals surface area contributed by atoms with E-state index in [9.17, 15) is 9.59 Å². The number of halogens is 1. The van der Waals surface area contributed by atoms with Gasteiger partial charge in [0, 0.05) is 9.26 Å². The molecule has 1 unspecified atom stereocenters. The molecule has 5 nitrogen and oxygen atoms in total. The number of rotatable bonds is 5. The van der Waals surface area contributed by atoms with E-state index in [0.717, 1.165) is 33.5 Å². The lowest BCUT2D eigenvalue weighted by molar-refractivity contribution is -0.899. The fourth-order valence-electron chi connectivity index (χ4n) is 2.74. The Hall–Kier alpha value is -1.15. The Morgan fingerprint density at radius 3 is 2.77 bits per heavy atom. The molecule has 0 spiro atoms. The number of hydrogen-bond acceptors (Lipinski definition) is 3. The van der Waals surface area contributed by atoms with Crippen LogP contribution in [0.15, 0.2) is 24.3 Å². The highest BCUT2D eigenvalue weighted by molar-refractivity contribution is 14.1. The van der Waals surface area contributed by atoms with Crippen molar-refractivity contribution in [2.45, 2.75) is 19.8 Å². The summed E-state index contributed by atoms with van der Waals surface area (Å²) in [4.78, 5) is 25.1. The molecule has 0 radical (unpaired) electrons. The molecule has 1 aromatic carbocycles. The molecule has 1 fully saturated rings. The van der Waals surface area contributed by atoms with Crippen LogP contribution in [0.25, 0.3) is 0 Å². The Bertz CT molecular complexity index is 519. The number of esters is 1. The Labute approximate surface area is 144 Å². The van der Waals surface area contributed by atoms with Gasteiger partial charge in [0.1, 0.15) is 5.92 Å². The molecule has 2 atom stereocenters. The highest BCUT2D eigenvalue weighted by atomic mass is 127. The van der Waals surface area contributed by atoms with Gasteiger partial charge < -0.3 is 15.0 Å². The minimum atomic E-state index is -0.127. The van der Waals surface area contributed by atoms with Crippen molar-refractivity contribution in [3.63, 3.8) is 0 Å². The normalized spacial score (nSPS) is 21.2. The van der Waals surface area contributed by atoms with E-state index in [1.807, 2.05) is 31.2 Å². The molecule has 1 amide bonds. The second-order valence-corrected chi connectivity index (χ2v) is 6.77. The summed E-state index contributed by atoms with van der Waals surface area (Å²) in [7, 11) is 0. The number of likely N-dealkylation sites (tertiary alicyclic amines) is 1. The Morgan fingerprint density at radius 1 is 1.36 bits per heavy atom. The summed E-state index contributed by atoms with van der Waals surface area (Å²) in [5.41, 5.74) is 0.809. The maximum atomic E-state index is 12.1. The number of hydrogen-bond donors (Lipinski definition) is 2. The van der Waals surface area contributed by atoms with Crippen LogP contribution in [0.4, 0.5) is 5.69 Å². The molecule has 0 aliphatic carbocycles. The molecule has 1 heterocycles. The lowest BCUT2D eigenvalue weighted by Crippen LogP contribution is -3.14. The molecule has 22 heavy (non-hydrogen) atoms. The zero-order valence-corrected chi connectivity index (χ0v) is 14.9. The van der Waals surface area contributed by atoms with Crippen LogP contribution in [-0.4, -0.2) is 38.1 Å². The van der Waals surface area contributed by atoms with Crippen LogP contribution in [0.2, 0.25) is 0 Å². The van der Waals surface area contributed by atoms with Gasteiger partial charge in [-0.2, -0.15) is 0 Å². The van der Waals surface area contributed by atoms with Gasteiger partial charge in [-0.15, -0.1) is 0 Å². The fourth-order valence-corrected chi connectivity index (χ4v) is 3.10. The molecule has 1 aliphatic heterocycles. The summed E-state index contributed by atoms with van der Waals surface area (Å²) < 4.78 is 6.22. The summed E-state index contributed by atoms with van der Waals surface area (Å²) in [6, 6.07) is 7.71. The molecule has 1 aromatic rings. The monoisotopic (exact) mass is 417 g/mol. The first-order valence-corrected chi connectivity index (χ1v) is 8.72. The van der Waals surface area contributed by atoms with Crippen molar-refractivity contribution < 1.29 is 19.2 Å². The largest absolute Gasteiger partial charge is 0.466 e. The number of ether oxygens (including phenoxy) is 1. The summed E-state index contributed by atoms with van der Waals surface area (Å²) in [5, 5.41) is 2.91. The van der Waals surface area contributed by atoms with E-state index >= 15 is 0 Å². The van der Waals surface area contributed by atoms with Crippen LogP contribution >= 0.6 is 22.6 Å². The van der Waals surface area contributed by atoms with Gasteiger partial charge in [-0.1, -0.05) is 0 Å². The van der Waals surface area contributed by atoms with Crippen molar-refractivity contribution in [3.8, 4) is 0 Å². The predicted octanol–water partition coefficient (Wildman–Crippen LogP) is 1.09. The topological polar surface area (TPSA) is 59.8 Å². The van der Waals surface area contributed by atoms with Crippen LogP contribution in [0, 0.1) is 9.49 Å². The van der Waals surface area contributed by atoms with Gasteiger partial charge in [0.25, 0.3) is 5.91 Å². The molecule has 1 aliphatic rings. The van der Waals surface area contributed by atoms with Gasteiger partial charge in [0.15, 0.2) is 6.54 Å². The van der Waals surface area contributed by atoms with Gasteiger partial charge in [0.2, 0.25) is 0 Å². The van der Waals surface area contributed by atoms with E-state index in [0.29, 0.717) is 19.7 Å². The van der Waals surface area contributed by atoms with Gasteiger partial charge in [-0.25, -0.2) is 0 Å². The third-order valence-corrected chi connectivity index (χ3v) is 4.50. The average molecular weight is 417 g/mol. The van der Waals surface area contributed by atoms with E-state index in [-0.39, 0.29) is 17.8 Å². The zero-order chi connectivity index (χ0) is 15.9. The molecule has 2 rings (SSSR count). The molecule has 0 saturated carbocycles. The Balaban J connectivity index is 1.83. The minimum absolute atomic E-state index is 0.0132. The van der Waals surface area contributed by atoms with E-state index in [2.05, 4.69) is 27.9 Å². The van der Waals surface area contributed by atoms with E-state index in [1.165, 1.54) is 0 Å². The second kappa shape index (κ2) is 8.47. The number of nitrogens with one attached hydrogen (secondary N) is 2. The highest BCUT2D eigenvalue weighted by Gasteiger charge is 2.30. The standard InChI is InChI=1S/C16H21IN2O3/c1-2-22-16(21)12-4-3-9-19(10-12)11-15(20)18-14-7-5-13(17)6-8-14/h5-8,12H,2-4,9-11H2,1H3,(H,18,20)/p+1/t12-/m1/s1. The molecule has 120 valence electrons. The minimum Gasteiger partial charge on any atom is -0.466 e. The van der Waals surface area contributed by atoms with Crippen molar-refractivity contribution in [2.24, 2.45) is 5.92 Å². The third-order valence-electron chi connectivity index (χ3n) is 3.78. The van der Waals surface area contributed by atoms with Crippen molar-refractivity contribution in [1.29, 1.82) is 0 Å². The maximum Gasteiger partial charge on any atom is 0.314 e. The van der Waals surface area contributed by atoms with Gasteiger partial charge in [-0.3, -0.25) is 9.59 Å². The van der Waals surface area contributed by atoms with E-state index in [1.54, 1.807) is 0 Å². The van der Waals surface area contributed by atoms with Crippen molar-refractivity contribution in [2.75, 3.05) is 31.6 Å². The van der Waals surface area contributed by atoms with Gasteiger partial charge in [-0.05, 0) is 66.6 Å². The number of quaternary nitrogens is 1. The van der Waals surface area contributed by atoms with Crippen LogP contribution in [0.1, 0.15) is 19.8 Å². The summed E-state index contributed by atoms with van der Waals surface area (Å²) >= 11 is 2.23. The average Bonchev–Trinajstić information content (AvgIpc) is 2.50. The third kappa shape index (κ3) is 5.24. The van der Waals surface area contributed by atoms with Crippen LogP contribution in [0.5, 0.6) is 0 Å². The SMILES string of the molecule is CCOC(=O)[C@@H]1CCC[NH+](CC(=O)Nc2ccc(I)cc2)C1. The maximum absolute atomic E-state index is 12.1. The first-order chi connectivity index (χ1) is 10.6. The van der Waals surface area contributed by atoms with Crippen molar-refractivity contribution >= 4 is 40.2 Å². The smallest absolute Gasteiger partial charge is 0.314 e. The summed E-state index contributed by atoms with van der Waals surface area (Å²) in [6.45, 7) is 4.23. The lowest BCUT2D eigenvalue weighted by atomic mass is 9.98. The molecule has 6 heteroatoms. The first-order valence-electron chi connectivity index (χ1n) is 7.64. The van der Waals surface area contributed by atoms with Crippen molar-refractivity contribution in [1.82, 2.24) is 0 Å². The quantitative estimate of drug-likeness (QED) is 0.557. The predicted molar refractivity (Wildman–Crippen MR) is 92.7 cm³/mol. The second-order valence-electron chi connectivity index (χ2n) is 5.53. The molecule has 0 bridgehead atoms.